The molecule has 0 fully saturated rings. The van der Waals surface area contributed by atoms with E-state index in [-0.39, 0.29) is 24.0 Å². The van der Waals surface area contributed by atoms with E-state index >= 15 is 0 Å². The summed E-state index contributed by atoms with van der Waals surface area (Å²) in [6.45, 7) is 0.574. The van der Waals surface area contributed by atoms with Crippen LogP contribution in [0.25, 0.3) is 0 Å². The van der Waals surface area contributed by atoms with Gasteiger partial charge in [-0.2, -0.15) is 5.10 Å². The van der Waals surface area contributed by atoms with Crippen LogP contribution in [0.1, 0.15) is 21.5 Å². The molecule has 0 aliphatic carbocycles. The van der Waals surface area contributed by atoms with Crippen LogP contribution >= 0.6 is 0 Å². The SMILES string of the molecule is O=C(Nc1ccn(Cc2cccc(F)c2)n1)c1cccc(COc2ccc([N+](=O)[O-])cc2)c1. The van der Waals surface area contributed by atoms with Crippen molar-refractivity contribution in [2.45, 2.75) is 13.2 Å². The van der Waals surface area contributed by atoms with Crippen LogP contribution in [0.5, 0.6) is 5.75 Å². The molecule has 0 aliphatic heterocycles. The fourth-order valence-electron chi connectivity index (χ4n) is 3.16. The number of benzene rings is 3. The van der Waals surface area contributed by atoms with Crippen molar-refractivity contribution < 1.29 is 18.8 Å². The van der Waals surface area contributed by atoms with Gasteiger partial charge in [-0.1, -0.05) is 24.3 Å². The van der Waals surface area contributed by atoms with Gasteiger partial charge in [-0.25, -0.2) is 4.39 Å². The molecule has 0 aliphatic rings. The molecule has 3 aromatic carbocycles. The molecule has 4 aromatic rings. The molecule has 0 saturated heterocycles. The van der Waals surface area contributed by atoms with Crippen molar-refractivity contribution >= 4 is 17.4 Å². The topological polar surface area (TPSA) is 99.3 Å². The van der Waals surface area contributed by atoms with Crippen LogP contribution < -0.4 is 10.1 Å². The summed E-state index contributed by atoms with van der Waals surface area (Å²) >= 11 is 0. The summed E-state index contributed by atoms with van der Waals surface area (Å²) in [6, 6.07) is 20.6. The second kappa shape index (κ2) is 9.73. The number of anilines is 1. The van der Waals surface area contributed by atoms with E-state index in [1.165, 1.54) is 36.4 Å². The minimum absolute atomic E-state index is 0.0145. The van der Waals surface area contributed by atoms with Crippen LogP contribution in [0, 0.1) is 15.9 Å². The number of hydrogen-bond donors (Lipinski definition) is 1. The smallest absolute Gasteiger partial charge is 0.269 e. The van der Waals surface area contributed by atoms with Gasteiger partial charge in [-0.3, -0.25) is 19.6 Å². The lowest BCUT2D eigenvalue weighted by Gasteiger charge is -2.08. The maximum Gasteiger partial charge on any atom is 0.269 e. The zero-order chi connectivity index (χ0) is 23.2. The normalized spacial score (nSPS) is 10.6. The molecule has 1 N–H and O–H groups in total. The predicted octanol–water partition coefficient (Wildman–Crippen LogP) is 4.81. The summed E-state index contributed by atoms with van der Waals surface area (Å²) in [5.74, 6) is 0.219. The average molecular weight is 446 g/mol. The molecular weight excluding hydrogens is 427 g/mol. The third kappa shape index (κ3) is 5.79. The predicted molar refractivity (Wildman–Crippen MR) is 120 cm³/mol. The lowest BCUT2D eigenvalue weighted by Crippen LogP contribution is -2.13. The molecule has 4 rings (SSSR count). The zero-order valence-corrected chi connectivity index (χ0v) is 17.3. The third-order valence-electron chi connectivity index (χ3n) is 4.76. The average Bonchev–Trinajstić information content (AvgIpc) is 3.24. The van der Waals surface area contributed by atoms with Crippen molar-refractivity contribution in [2.24, 2.45) is 0 Å². The lowest BCUT2D eigenvalue weighted by molar-refractivity contribution is -0.384. The van der Waals surface area contributed by atoms with E-state index in [0.29, 0.717) is 23.7 Å². The highest BCUT2D eigenvalue weighted by molar-refractivity contribution is 6.03. The number of nitro groups is 1. The van der Waals surface area contributed by atoms with Gasteiger partial charge in [0.15, 0.2) is 5.82 Å². The number of non-ortho nitro benzene ring substituents is 1. The Hall–Kier alpha value is -4.53. The Balaban J connectivity index is 1.35. The number of nitrogens with zero attached hydrogens (tertiary/aromatic N) is 3. The molecule has 1 heterocycles. The molecule has 0 unspecified atom stereocenters. The number of hydrogen-bond acceptors (Lipinski definition) is 5. The van der Waals surface area contributed by atoms with Crippen molar-refractivity contribution in [2.75, 3.05) is 5.32 Å². The molecule has 8 nitrogen and oxygen atoms in total. The number of aromatic nitrogens is 2. The van der Waals surface area contributed by atoms with Crippen LogP contribution in [-0.4, -0.2) is 20.6 Å². The van der Waals surface area contributed by atoms with Crippen LogP contribution in [0.3, 0.4) is 0 Å². The second-order valence-electron chi connectivity index (χ2n) is 7.22. The Kier molecular flexibility index (Phi) is 6.40. The highest BCUT2D eigenvalue weighted by Gasteiger charge is 2.10. The van der Waals surface area contributed by atoms with Crippen molar-refractivity contribution in [1.29, 1.82) is 0 Å². The summed E-state index contributed by atoms with van der Waals surface area (Å²) in [5.41, 5.74) is 1.94. The van der Waals surface area contributed by atoms with Gasteiger partial charge in [-0.15, -0.1) is 0 Å². The number of nitro benzene ring substituents is 1. The molecule has 0 saturated carbocycles. The molecular formula is C24H19FN4O4. The summed E-state index contributed by atoms with van der Waals surface area (Å²) in [4.78, 5) is 22.9. The molecule has 1 amide bonds. The van der Waals surface area contributed by atoms with E-state index in [2.05, 4.69) is 10.4 Å². The minimum Gasteiger partial charge on any atom is -0.489 e. The maximum atomic E-state index is 13.3. The third-order valence-corrected chi connectivity index (χ3v) is 4.76. The minimum atomic E-state index is -0.476. The van der Waals surface area contributed by atoms with Crippen molar-refractivity contribution in [3.05, 3.63) is 118 Å². The molecule has 9 heteroatoms. The molecule has 33 heavy (non-hydrogen) atoms. The first-order valence-corrected chi connectivity index (χ1v) is 10.0. The Morgan fingerprint density at radius 3 is 2.55 bits per heavy atom. The Morgan fingerprint density at radius 1 is 1.03 bits per heavy atom. The number of amides is 1. The molecule has 0 spiro atoms. The van der Waals surface area contributed by atoms with E-state index in [1.54, 1.807) is 47.3 Å². The van der Waals surface area contributed by atoms with Gasteiger partial charge in [-0.05, 0) is 47.5 Å². The number of ether oxygens (including phenoxy) is 1. The van der Waals surface area contributed by atoms with Gasteiger partial charge in [0.25, 0.3) is 11.6 Å². The van der Waals surface area contributed by atoms with E-state index in [1.807, 2.05) is 6.07 Å². The lowest BCUT2D eigenvalue weighted by atomic mass is 10.1. The highest BCUT2D eigenvalue weighted by Crippen LogP contribution is 2.19. The van der Waals surface area contributed by atoms with Gasteiger partial charge >= 0.3 is 0 Å². The fourth-order valence-corrected chi connectivity index (χ4v) is 3.16. The van der Waals surface area contributed by atoms with Gasteiger partial charge in [0.05, 0.1) is 11.5 Å². The van der Waals surface area contributed by atoms with Gasteiger partial charge in [0, 0.05) is 30.0 Å². The van der Waals surface area contributed by atoms with Crippen LogP contribution in [0.4, 0.5) is 15.9 Å². The molecule has 0 atom stereocenters. The summed E-state index contributed by atoms with van der Waals surface area (Å²) in [7, 11) is 0. The molecule has 0 radical (unpaired) electrons. The fraction of sp³-hybridized carbons (Fsp3) is 0.0833. The molecule has 1 aromatic heterocycles. The Morgan fingerprint density at radius 2 is 1.79 bits per heavy atom. The van der Waals surface area contributed by atoms with Crippen LogP contribution in [0.15, 0.2) is 85.1 Å². The van der Waals surface area contributed by atoms with Crippen molar-refractivity contribution in [1.82, 2.24) is 9.78 Å². The first-order chi connectivity index (χ1) is 16.0. The van der Waals surface area contributed by atoms with Gasteiger partial charge in [0.1, 0.15) is 18.2 Å². The summed E-state index contributed by atoms with van der Waals surface area (Å²) in [6.07, 6.45) is 1.70. The number of halogens is 1. The van der Waals surface area contributed by atoms with E-state index in [4.69, 9.17) is 4.74 Å². The number of carbonyl (C=O) groups excluding carboxylic acids is 1. The summed E-state index contributed by atoms with van der Waals surface area (Å²) < 4.78 is 20.6. The largest absolute Gasteiger partial charge is 0.489 e. The Labute approximate surface area is 188 Å². The van der Waals surface area contributed by atoms with Crippen LogP contribution in [0.2, 0.25) is 0 Å². The maximum absolute atomic E-state index is 13.3. The monoisotopic (exact) mass is 446 g/mol. The standard InChI is InChI=1S/C24H19FN4O4/c25-20-6-2-3-17(14-20)15-28-12-11-23(27-28)26-24(30)19-5-1-4-18(13-19)16-33-22-9-7-21(8-10-22)29(31)32/h1-14H,15-16H2,(H,26,27,30). The highest BCUT2D eigenvalue weighted by atomic mass is 19.1. The molecule has 0 bridgehead atoms. The van der Waals surface area contributed by atoms with Gasteiger partial charge in [0.2, 0.25) is 0 Å². The van der Waals surface area contributed by atoms with Crippen molar-refractivity contribution in [3.8, 4) is 5.75 Å². The van der Waals surface area contributed by atoms with E-state index < -0.39 is 4.92 Å². The second-order valence-corrected chi connectivity index (χ2v) is 7.22. The van der Waals surface area contributed by atoms with E-state index in [9.17, 15) is 19.3 Å². The summed E-state index contributed by atoms with van der Waals surface area (Å²) in [5, 5.41) is 17.8. The number of nitrogens with one attached hydrogen (secondary N) is 1. The number of carbonyl (C=O) groups is 1. The van der Waals surface area contributed by atoms with Gasteiger partial charge < -0.3 is 10.1 Å². The van der Waals surface area contributed by atoms with E-state index in [0.717, 1.165) is 11.1 Å². The Bertz CT molecular complexity index is 1290. The van der Waals surface area contributed by atoms with Crippen LogP contribution in [-0.2, 0) is 13.2 Å². The zero-order valence-electron chi connectivity index (χ0n) is 17.3. The first kappa shape index (κ1) is 21.7. The molecule has 166 valence electrons. The quantitative estimate of drug-likeness (QED) is 0.309. The first-order valence-electron chi connectivity index (χ1n) is 10.0. The number of rotatable bonds is 8. The van der Waals surface area contributed by atoms with Crippen molar-refractivity contribution in [3.63, 3.8) is 0 Å².